The minimum absolute atomic E-state index is 0.155. The summed E-state index contributed by atoms with van der Waals surface area (Å²) in [5.41, 5.74) is -0.155. The Hall–Kier alpha value is 2.80. The summed E-state index contributed by atoms with van der Waals surface area (Å²) in [6.45, 7) is 8.92. The highest BCUT2D eigenvalue weighted by atomic mass is 32.2. The van der Waals surface area contributed by atoms with Crippen molar-refractivity contribution in [1.82, 2.24) is 0 Å². The van der Waals surface area contributed by atoms with E-state index in [2.05, 4.69) is 27.7 Å². The van der Waals surface area contributed by atoms with Gasteiger partial charge in [0.05, 0.1) is 23.7 Å². The smallest absolute Gasteiger partial charge is 0.0584 e. The molecule has 0 aromatic carbocycles. The van der Waals surface area contributed by atoms with Gasteiger partial charge in [0.25, 0.3) is 0 Å². The van der Waals surface area contributed by atoms with Crippen molar-refractivity contribution in [3.8, 4) is 0 Å². The van der Waals surface area contributed by atoms with Crippen LogP contribution in [0.25, 0.3) is 0 Å². The van der Waals surface area contributed by atoms with Crippen LogP contribution in [0, 0.1) is 5.41 Å². The Balaban J connectivity index is 5.71. The molecule has 0 aromatic heterocycles. The van der Waals surface area contributed by atoms with Crippen molar-refractivity contribution >= 4 is 97.6 Å². The summed E-state index contributed by atoms with van der Waals surface area (Å²) in [6.07, 6.45) is 4.65. The monoisotopic (exact) mass is 496 g/mol. The molecule has 0 rings (SSSR count). The Morgan fingerprint density at radius 3 is 0.880 bits per heavy atom. The maximum Gasteiger partial charge on any atom is 0.0584 e. The third-order valence-electron chi connectivity index (χ3n) is 3.63. The standard InChI is InChI=1S/C17H36S8/c1-5-9-22-13(18)17(14(19)23-10-6-2,15(20)24-11-7-3)16(21)25-12-8-4/h13-16,18-21H,5-12H2,1-4H3. The average Bonchev–Trinajstić information content (AvgIpc) is 2.61. The highest BCUT2D eigenvalue weighted by Gasteiger charge is 2.53. The molecular formula is C17H36S8. The van der Waals surface area contributed by atoms with Crippen molar-refractivity contribution < 1.29 is 0 Å². The third-order valence-corrected chi connectivity index (χ3v) is 12.7. The molecule has 0 radical (unpaired) electrons. The van der Waals surface area contributed by atoms with Gasteiger partial charge in [-0.2, -0.15) is 50.5 Å². The molecule has 0 amide bonds. The number of hydrogen-bond donors (Lipinski definition) is 4. The highest BCUT2D eigenvalue weighted by Crippen LogP contribution is 2.57. The van der Waals surface area contributed by atoms with E-state index in [1.54, 1.807) is 0 Å². The molecule has 0 saturated heterocycles. The number of hydrogen-bond acceptors (Lipinski definition) is 8. The summed E-state index contributed by atoms with van der Waals surface area (Å²) >= 11 is 28.2. The first kappa shape index (κ1) is 27.8. The van der Waals surface area contributed by atoms with Gasteiger partial charge in [-0.25, -0.2) is 0 Å². The Kier molecular flexibility index (Phi) is 18.4. The number of rotatable bonds is 16. The van der Waals surface area contributed by atoms with Crippen LogP contribution in [0.15, 0.2) is 0 Å². The summed E-state index contributed by atoms with van der Waals surface area (Å²) in [7, 11) is 0. The summed E-state index contributed by atoms with van der Waals surface area (Å²) < 4.78 is 0.715. The lowest BCUT2D eigenvalue weighted by atomic mass is 9.97. The van der Waals surface area contributed by atoms with Crippen molar-refractivity contribution in [1.29, 1.82) is 0 Å². The Morgan fingerprint density at radius 2 is 0.720 bits per heavy atom. The molecular weight excluding hydrogens is 461 g/mol. The molecule has 8 heteroatoms. The van der Waals surface area contributed by atoms with Crippen LogP contribution in [-0.4, -0.2) is 41.3 Å². The van der Waals surface area contributed by atoms with Crippen LogP contribution in [0.1, 0.15) is 53.4 Å². The van der Waals surface area contributed by atoms with Gasteiger partial charge in [-0.15, -0.1) is 47.0 Å². The van der Waals surface area contributed by atoms with Gasteiger partial charge in [-0.3, -0.25) is 0 Å². The van der Waals surface area contributed by atoms with E-state index in [1.807, 2.05) is 47.0 Å². The molecule has 0 fully saturated rings. The number of thiol groups is 4. The van der Waals surface area contributed by atoms with E-state index < -0.39 is 0 Å². The molecule has 0 saturated carbocycles. The van der Waals surface area contributed by atoms with E-state index in [-0.39, 0.29) is 23.7 Å². The molecule has 0 spiro atoms. The van der Waals surface area contributed by atoms with Crippen LogP contribution >= 0.6 is 97.6 Å². The quantitative estimate of drug-likeness (QED) is 0.128. The highest BCUT2D eigenvalue weighted by molar-refractivity contribution is 8.14. The fourth-order valence-corrected chi connectivity index (χ4v) is 12.3. The van der Waals surface area contributed by atoms with Crippen LogP contribution in [0.5, 0.6) is 0 Å². The SMILES string of the molecule is CCCSC(S)C(C(S)SCCC)(C(S)SCCC)C(S)SCCC. The summed E-state index contributed by atoms with van der Waals surface area (Å²) in [5.74, 6) is 4.47. The molecule has 4 atom stereocenters. The zero-order chi connectivity index (χ0) is 19.3. The molecule has 0 N–H and O–H groups in total. The molecule has 0 bridgehead atoms. The van der Waals surface area contributed by atoms with Crippen LogP contribution < -0.4 is 0 Å². The van der Waals surface area contributed by atoms with Crippen molar-refractivity contribution in [3.05, 3.63) is 0 Å². The zero-order valence-corrected chi connectivity index (χ0v) is 22.7. The normalized spacial score (nSPS) is 19.2. The number of thioether (sulfide) groups is 4. The van der Waals surface area contributed by atoms with E-state index in [1.165, 1.54) is 0 Å². The van der Waals surface area contributed by atoms with E-state index in [0.717, 1.165) is 48.7 Å². The molecule has 0 aliphatic heterocycles. The van der Waals surface area contributed by atoms with Crippen molar-refractivity contribution in [2.75, 3.05) is 23.0 Å². The molecule has 152 valence electrons. The second-order valence-electron chi connectivity index (χ2n) is 5.89. The second kappa shape index (κ2) is 16.6. The van der Waals surface area contributed by atoms with Crippen molar-refractivity contribution in [3.63, 3.8) is 0 Å². The van der Waals surface area contributed by atoms with Gasteiger partial charge < -0.3 is 0 Å². The first-order chi connectivity index (χ1) is 11.9. The van der Waals surface area contributed by atoms with Gasteiger partial charge in [-0.1, -0.05) is 27.7 Å². The average molecular weight is 497 g/mol. The lowest BCUT2D eigenvalue weighted by molar-refractivity contribution is 0.437. The molecule has 0 heterocycles. The third kappa shape index (κ3) is 9.00. The van der Waals surface area contributed by atoms with E-state index in [4.69, 9.17) is 50.5 Å². The Labute approximate surface area is 196 Å². The van der Waals surface area contributed by atoms with Crippen LogP contribution in [-0.2, 0) is 0 Å². The molecule has 0 aliphatic rings. The van der Waals surface area contributed by atoms with Gasteiger partial charge in [0, 0.05) is 0 Å². The van der Waals surface area contributed by atoms with Crippen LogP contribution in [0.3, 0.4) is 0 Å². The van der Waals surface area contributed by atoms with Crippen LogP contribution in [0.4, 0.5) is 0 Å². The fraction of sp³-hybridized carbons (Fsp3) is 1.00. The van der Waals surface area contributed by atoms with Gasteiger partial charge in [0.1, 0.15) is 0 Å². The summed E-state index contributed by atoms with van der Waals surface area (Å²) in [5, 5.41) is 0. The lowest BCUT2D eigenvalue weighted by Gasteiger charge is -2.49. The minimum atomic E-state index is -0.155. The fourth-order valence-electron chi connectivity index (χ4n) is 2.23. The Morgan fingerprint density at radius 1 is 0.520 bits per heavy atom. The maximum absolute atomic E-state index is 5.11. The predicted octanol–water partition coefficient (Wildman–Crippen LogP) is 7.57. The second-order valence-corrected chi connectivity index (χ2v) is 14.2. The summed E-state index contributed by atoms with van der Waals surface area (Å²) in [4.78, 5) is 0. The van der Waals surface area contributed by atoms with Gasteiger partial charge >= 0.3 is 0 Å². The first-order valence-corrected chi connectivity index (χ1v) is 15.4. The summed E-state index contributed by atoms with van der Waals surface area (Å²) in [6, 6.07) is 0. The largest absolute Gasteiger partial charge is 0.164 e. The zero-order valence-electron chi connectivity index (χ0n) is 15.9. The Bertz CT molecular complexity index is 254. The van der Waals surface area contributed by atoms with Crippen molar-refractivity contribution in [2.24, 2.45) is 5.41 Å². The molecule has 0 aromatic rings. The molecule has 0 nitrogen and oxygen atoms in total. The lowest BCUT2D eigenvalue weighted by Crippen LogP contribution is -2.50. The van der Waals surface area contributed by atoms with E-state index in [9.17, 15) is 0 Å². The van der Waals surface area contributed by atoms with Crippen LogP contribution in [0.2, 0.25) is 0 Å². The minimum Gasteiger partial charge on any atom is -0.164 e. The van der Waals surface area contributed by atoms with Gasteiger partial charge in [0.2, 0.25) is 0 Å². The molecule has 25 heavy (non-hydrogen) atoms. The topological polar surface area (TPSA) is 0 Å². The van der Waals surface area contributed by atoms with Crippen molar-refractivity contribution in [2.45, 2.75) is 71.7 Å². The van der Waals surface area contributed by atoms with Gasteiger partial charge in [-0.05, 0) is 48.7 Å². The van der Waals surface area contributed by atoms with E-state index >= 15 is 0 Å². The first-order valence-electron chi connectivity index (χ1n) is 9.11. The maximum atomic E-state index is 5.11. The van der Waals surface area contributed by atoms with Gasteiger partial charge in [0.15, 0.2) is 0 Å². The van der Waals surface area contributed by atoms with E-state index in [0.29, 0.717) is 0 Å². The molecule has 4 unspecified atom stereocenters. The molecule has 0 aliphatic carbocycles. The predicted molar refractivity (Wildman–Crippen MR) is 145 cm³/mol.